The van der Waals surface area contributed by atoms with Crippen LogP contribution < -0.4 is 15.4 Å². The maximum atomic E-state index is 13.2. The first-order valence-electron chi connectivity index (χ1n) is 12.8. The summed E-state index contributed by atoms with van der Waals surface area (Å²) >= 11 is 0. The van der Waals surface area contributed by atoms with Crippen molar-refractivity contribution in [3.05, 3.63) is 29.8 Å². The number of ether oxygens (including phenoxy) is 3. The van der Waals surface area contributed by atoms with Crippen molar-refractivity contribution in [1.29, 1.82) is 0 Å². The van der Waals surface area contributed by atoms with Gasteiger partial charge in [-0.3, -0.25) is 24.6 Å². The van der Waals surface area contributed by atoms with E-state index in [-0.39, 0.29) is 48.2 Å². The predicted molar refractivity (Wildman–Crippen MR) is 133 cm³/mol. The first-order chi connectivity index (χ1) is 17.5. The van der Waals surface area contributed by atoms with Crippen molar-refractivity contribution in [2.75, 3.05) is 66.8 Å². The standard InChI is InChI=1S/C26H38N4O6/c1-34-14-12-30(15-23-27-22-9-13-36-17-21(22)26(33)28-23)24(31)16-29-10-7-19(8-11-29)25(32)18-3-5-20(35-2)6-4-18/h3-6,19,21-23,27H,7-17H2,1-2H3,(H,28,33). The number of ketones is 1. The second-order valence-corrected chi connectivity index (χ2v) is 9.78. The Morgan fingerprint density at radius 1 is 1.14 bits per heavy atom. The van der Waals surface area contributed by atoms with Crippen LogP contribution in [0.4, 0.5) is 0 Å². The van der Waals surface area contributed by atoms with Gasteiger partial charge in [0.1, 0.15) is 5.75 Å². The van der Waals surface area contributed by atoms with E-state index in [1.807, 2.05) is 12.1 Å². The van der Waals surface area contributed by atoms with Crippen LogP contribution in [0.3, 0.4) is 0 Å². The van der Waals surface area contributed by atoms with Crippen LogP contribution in [0.1, 0.15) is 29.6 Å². The Hall–Kier alpha value is -2.53. The average Bonchev–Trinajstić information content (AvgIpc) is 2.91. The Morgan fingerprint density at radius 2 is 1.89 bits per heavy atom. The molecule has 0 radical (unpaired) electrons. The van der Waals surface area contributed by atoms with Crippen LogP contribution in [0.2, 0.25) is 0 Å². The lowest BCUT2D eigenvalue weighted by Gasteiger charge is -2.41. The van der Waals surface area contributed by atoms with Gasteiger partial charge in [0.05, 0.1) is 45.5 Å². The van der Waals surface area contributed by atoms with Crippen molar-refractivity contribution >= 4 is 17.6 Å². The van der Waals surface area contributed by atoms with Gasteiger partial charge in [0, 0.05) is 37.8 Å². The second-order valence-electron chi connectivity index (χ2n) is 9.78. The maximum absolute atomic E-state index is 13.2. The molecule has 1 aromatic rings. The van der Waals surface area contributed by atoms with Gasteiger partial charge < -0.3 is 24.4 Å². The number of methoxy groups -OCH3 is 2. The molecule has 0 aliphatic carbocycles. The molecule has 10 nitrogen and oxygen atoms in total. The van der Waals surface area contributed by atoms with E-state index in [0.29, 0.717) is 51.6 Å². The van der Waals surface area contributed by atoms with Crippen LogP contribution in [0.5, 0.6) is 5.75 Å². The number of likely N-dealkylation sites (tertiary alicyclic amines) is 1. The quantitative estimate of drug-likeness (QED) is 0.446. The molecule has 3 fully saturated rings. The summed E-state index contributed by atoms with van der Waals surface area (Å²) in [4.78, 5) is 42.6. The molecule has 3 aliphatic heterocycles. The Bertz CT molecular complexity index is 902. The molecule has 1 aromatic carbocycles. The smallest absolute Gasteiger partial charge is 0.236 e. The summed E-state index contributed by atoms with van der Waals surface area (Å²) < 4.78 is 15.8. The van der Waals surface area contributed by atoms with E-state index in [1.165, 1.54) is 0 Å². The van der Waals surface area contributed by atoms with Gasteiger partial charge in [-0.15, -0.1) is 0 Å². The number of carbonyl (C=O) groups is 3. The fraction of sp³-hybridized carbons (Fsp3) is 0.654. The zero-order chi connectivity index (χ0) is 25.5. The largest absolute Gasteiger partial charge is 0.497 e. The normalized spacial score (nSPS) is 25.1. The zero-order valence-electron chi connectivity index (χ0n) is 21.2. The summed E-state index contributed by atoms with van der Waals surface area (Å²) in [6.07, 6.45) is 1.93. The number of nitrogens with zero attached hydrogens (tertiary/aromatic N) is 2. The van der Waals surface area contributed by atoms with Crippen LogP contribution in [-0.2, 0) is 19.1 Å². The first-order valence-corrected chi connectivity index (χ1v) is 12.8. The molecular formula is C26H38N4O6. The van der Waals surface area contributed by atoms with Gasteiger partial charge in [0.2, 0.25) is 11.8 Å². The summed E-state index contributed by atoms with van der Waals surface area (Å²) in [5.41, 5.74) is 0.699. The monoisotopic (exact) mass is 502 g/mol. The van der Waals surface area contributed by atoms with Crippen LogP contribution in [0, 0.1) is 11.8 Å². The molecule has 10 heteroatoms. The molecule has 3 aliphatic rings. The molecular weight excluding hydrogens is 464 g/mol. The number of carbonyl (C=O) groups excluding carboxylic acids is 3. The second kappa shape index (κ2) is 12.6. The summed E-state index contributed by atoms with van der Waals surface area (Å²) in [7, 11) is 3.22. The molecule has 0 spiro atoms. The van der Waals surface area contributed by atoms with E-state index in [9.17, 15) is 14.4 Å². The topological polar surface area (TPSA) is 109 Å². The number of amides is 2. The molecule has 3 saturated heterocycles. The van der Waals surface area contributed by atoms with Crippen molar-refractivity contribution in [3.8, 4) is 5.75 Å². The fourth-order valence-corrected chi connectivity index (χ4v) is 5.25. The highest BCUT2D eigenvalue weighted by atomic mass is 16.5. The number of rotatable bonds is 10. The first kappa shape index (κ1) is 26.5. The highest BCUT2D eigenvalue weighted by molar-refractivity contribution is 5.98. The van der Waals surface area contributed by atoms with Crippen molar-refractivity contribution < 1.29 is 28.6 Å². The van der Waals surface area contributed by atoms with Gasteiger partial charge in [-0.05, 0) is 56.6 Å². The van der Waals surface area contributed by atoms with E-state index in [2.05, 4.69) is 15.5 Å². The lowest BCUT2D eigenvalue weighted by atomic mass is 9.89. The van der Waals surface area contributed by atoms with Crippen LogP contribution in [0.15, 0.2) is 24.3 Å². The van der Waals surface area contributed by atoms with Gasteiger partial charge in [0.25, 0.3) is 0 Å². The number of Topliss-reactive ketones (excluding diaryl/α,β-unsaturated/α-hetero) is 1. The molecule has 36 heavy (non-hydrogen) atoms. The number of hydrogen-bond donors (Lipinski definition) is 2. The third-order valence-corrected chi connectivity index (χ3v) is 7.44. The number of hydrogen-bond acceptors (Lipinski definition) is 8. The number of nitrogens with one attached hydrogen (secondary N) is 2. The van der Waals surface area contributed by atoms with Gasteiger partial charge >= 0.3 is 0 Å². The SMILES string of the molecule is COCCN(CC1NC(=O)C2COCCC2N1)C(=O)CN1CCC(C(=O)c2ccc(OC)cc2)CC1. The van der Waals surface area contributed by atoms with Gasteiger partial charge in [-0.2, -0.15) is 0 Å². The molecule has 2 N–H and O–H groups in total. The molecule has 0 aromatic heterocycles. The van der Waals surface area contributed by atoms with E-state index >= 15 is 0 Å². The minimum atomic E-state index is -0.300. The lowest BCUT2D eigenvalue weighted by molar-refractivity contribution is -0.139. The van der Waals surface area contributed by atoms with Gasteiger partial charge in [0.15, 0.2) is 5.78 Å². The molecule has 0 bridgehead atoms. The zero-order valence-corrected chi connectivity index (χ0v) is 21.2. The van der Waals surface area contributed by atoms with E-state index < -0.39 is 0 Å². The van der Waals surface area contributed by atoms with Gasteiger partial charge in [-0.25, -0.2) is 0 Å². The molecule has 2 amide bonds. The van der Waals surface area contributed by atoms with Crippen LogP contribution >= 0.6 is 0 Å². The van der Waals surface area contributed by atoms with E-state index in [1.54, 1.807) is 31.3 Å². The molecule has 198 valence electrons. The third kappa shape index (κ3) is 6.61. The molecule has 0 saturated carbocycles. The van der Waals surface area contributed by atoms with Crippen molar-refractivity contribution in [2.24, 2.45) is 11.8 Å². The molecule has 3 atom stereocenters. The predicted octanol–water partition coefficient (Wildman–Crippen LogP) is 0.516. The molecule has 4 rings (SSSR count). The number of benzene rings is 1. The van der Waals surface area contributed by atoms with Crippen molar-refractivity contribution in [1.82, 2.24) is 20.4 Å². The average molecular weight is 503 g/mol. The molecule has 3 heterocycles. The van der Waals surface area contributed by atoms with Crippen LogP contribution in [-0.4, -0.2) is 106 Å². The molecule has 3 unspecified atom stereocenters. The summed E-state index contributed by atoms with van der Waals surface area (Å²) in [6, 6.07) is 7.30. The summed E-state index contributed by atoms with van der Waals surface area (Å²) in [6.45, 7) is 3.99. The minimum Gasteiger partial charge on any atom is -0.497 e. The Labute approximate surface area is 212 Å². The Kier molecular flexibility index (Phi) is 9.30. The highest BCUT2D eigenvalue weighted by Crippen LogP contribution is 2.23. The summed E-state index contributed by atoms with van der Waals surface area (Å²) in [5.74, 6) is 0.635. The van der Waals surface area contributed by atoms with Gasteiger partial charge in [-0.1, -0.05) is 0 Å². The maximum Gasteiger partial charge on any atom is 0.236 e. The summed E-state index contributed by atoms with van der Waals surface area (Å²) in [5, 5.41) is 6.48. The Morgan fingerprint density at radius 3 is 2.58 bits per heavy atom. The highest BCUT2D eigenvalue weighted by Gasteiger charge is 2.39. The van der Waals surface area contributed by atoms with Crippen LogP contribution in [0.25, 0.3) is 0 Å². The third-order valence-electron chi connectivity index (χ3n) is 7.44. The Balaban J connectivity index is 1.28. The fourth-order valence-electron chi connectivity index (χ4n) is 5.25. The van der Waals surface area contributed by atoms with Crippen molar-refractivity contribution in [2.45, 2.75) is 31.5 Å². The van der Waals surface area contributed by atoms with E-state index in [4.69, 9.17) is 14.2 Å². The van der Waals surface area contributed by atoms with Crippen molar-refractivity contribution in [3.63, 3.8) is 0 Å². The lowest BCUT2D eigenvalue weighted by Crippen LogP contribution is -2.66. The van der Waals surface area contributed by atoms with E-state index in [0.717, 1.165) is 25.0 Å². The number of fused-ring (bicyclic) bond motifs is 1. The number of piperidine rings is 1. The minimum absolute atomic E-state index is 0.00266.